The molecule has 0 spiro atoms. The molecule has 2 aromatic carbocycles. The van der Waals surface area contributed by atoms with Crippen molar-refractivity contribution >= 4 is 33.0 Å². The van der Waals surface area contributed by atoms with Gasteiger partial charge >= 0.3 is 0 Å². The van der Waals surface area contributed by atoms with E-state index in [1.54, 1.807) is 11.3 Å². The zero-order chi connectivity index (χ0) is 13.9. The molecule has 2 nitrogen and oxygen atoms in total. The average molecular weight is 304 g/mol. The number of benzene rings is 2. The maximum absolute atomic E-state index is 6.09. The monoisotopic (exact) mass is 303 g/mol. The Kier molecular flexibility index (Phi) is 3.92. The normalized spacial score (nSPS) is 10.9. The Labute approximate surface area is 126 Å². The van der Waals surface area contributed by atoms with Crippen LogP contribution in [-0.4, -0.2) is 0 Å². The SMILES string of the molecule is NCc1cccc2c(COc3ccccc3Cl)csc12. The standard InChI is InChI=1S/C16H14ClNOS/c17-14-6-1-2-7-15(14)19-9-12-10-20-16-11(8-18)4-3-5-13(12)16/h1-7,10H,8-9,18H2. The molecule has 0 aliphatic carbocycles. The summed E-state index contributed by atoms with van der Waals surface area (Å²) in [5.74, 6) is 0.712. The molecule has 0 aliphatic rings. The molecule has 20 heavy (non-hydrogen) atoms. The van der Waals surface area contributed by atoms with Crippen LogP contribution in [0.1, 0.15) is 11.1 Å². The van der Waals surface area contributed by atoms with Gasteiger partial charge in [-0.1, -0.05) is 41.9 Å². The molecule has 0 saturated carbocycles. The Balaban J connectivity index is 1.87. The zero-order valence-corrected chi connectivity index (χ0v) is 12.4. The Morgan fingerprint density at radius 2 is 1.90 bits per heavy atom. The van der Waals surface area contributed by atoms with Gasteiger partial charge in [0.05, 0.1) is 5.02 Å². The average Bonchev–Trinajstić information content (AvgIpc) is 2.89. The first-order chi connectivity index (χ1) is 9.79. The van der Waals surface area contributed by atoms with E-state index in [1.165, 1.54) is 21.2 Å². The highest BCUT2D eigenvalue weighted by atomic mass is 35.5. The molecule has 0 fully saturated rings. The molecule has 0 atom stereocenters. The second-order valence-electron chi connectivity index (χ2n) is 4.48. The highest BCUT2D eigenvalue weighted by Crippen LogP contribution is 2.31. The number of thiophene rings is 1. The maximum atomic E-state index is 6.09. The van der Waals surface area contributed by atoms with Crippen LogP contribution in [0.25, 0.3) is 10.1 Å². The van der Waals surface area contributed by atoms with E-state index in [9.17, 15) is 0 Å². The number of para-hydroxylation sites is 1. The Hall–Kier alpha value is -1.55. The van der Waals surface area contributed by atoms with Crippen LogP contribution in [0.3, 0.4) is 0 Å². The summed E-state index contributed by atoms with van der Waals surface area (Å²) in [4.78, 5) is 0. The molecule has 4 heteroatoms. The number of hydrogen-bond donors (Lipinski definition) is 1. The van der Waals surface area contributed by atoms with E-state index < -0.39 is 0 Å². The lowest BCUT2D eigenvalue weighted by Gasteiger charge is -2.07. The molecule has 0 aliphatic heterocycles. The molecule has 0 bridgehead atoms. The molecule has 0 unspecified atom stereocenters. The van der Waals surface area contributed by atoms with Crippen LogP contribution in [0, 0.1) is 0 Å². The van der Waals surface area contributed by atoms with Crippen molar-refractivity contribution in [3.63, 3.8) is 0 Å². The van der Waals surface area contributed by atoms with E-state index >= 15 is 0 Å². The van der Waals surface area contributed by atoms with Crippen molar-refractivity contribution in [1.29, 1.82) is 0 Å². The molecular formula is C16H14ClNOS. The van der Waals surface area contributed by atoms with Gasteiger partial charge in [-0.15, -0.1) is 11.3 Å². The summed E-state index contributed by atoms with van der Waals surface area (Å²) in [6.45, 7) is 1.07. The summed E-state index contributed by atoms with van der Waals surface area (Å²) in [6, 6.07) is 13.7. The fourth-order valence-electron chi connectivity index (χ4n) is 2.16. The van der Waals surface area contributed by atoms with Gasteiger partial charge < -0.3 is 10.5 Å². The number of halogens is 1. The van der Waals surface area contributed by atoms with Crippen molar-refractivity contribution in [1.82, 2.24) is 0 Å². The van der Waals surface area contributed by atoms with Gasteiger partial charge in [-0.05, 0) is 28.5 Å². The van der Waals surface area contributed by atoms with E-state index in [4.69, 9.17) is 22.1 Å². The highest BCUT2D eigenvalue weighted by Gasteiger charge is 2.08. The van der Waals surface area contributed by atoms with Crippen LogP contribution < -0.4 is 10.5 Å². The predicted molar refractivity (Wildman–Crippen MR) is 85.5 cm³/mol. The maximum Gasteiger partial charge on any atom is 0.138 e. The van der Waals surface area contributed by atoms with Crippen molar-refractivity contribution < 1.29 is 4.74 Å². The van der Waals surface area contributed by atoms with Gasteiger partial charge in [0.2, 0.25) is 0 Å². The second-order valence-corrected chi connectivity index (χ2v) is 5.76. The first kappa shape index (κ1) is 13.4. The Bertz CT molecular complexity index is 738. The Morgan fingerprint density at radius 3 is 2.70 bits per heavy atom. The van der Waals surface area contributed by atoms with Crippen molar-refractivity contribution in [2.75, 3.05) is 0 Å². The Morgan fingerprint density at radius 1 is 1.05 bits per heavy atom. The van der Waals surface area contributed by atoms with E-state index in [-0.39, 0.29) is 0 Å². The minimum absolute atomic E-state index is 0.512. The molecule has 1 aromatic heterocycles. The molecule has 2 N–H and O–H groups in total. The molecule has 0 saturated heterocycles. The van der Waals surface area contributed by atoms with Gasteiger partial charge in [-0.2, -0.15) is 0 Å². The molecule has 0 radical (unpaired) electrons. The largest absolute Gasteiger partial charge is 0.487 e. The van der Waals surface area contributed by atoms with Crippen LogP contribution in [-0.2, 0) is 13.2 Å². The van der Waals surface area contributed by atoms with Gasteiger partial charge in [0, 0.05) is 16.8 Å². The fraction of sp³-hybridized carbons (Fsp3) is 0.125. The zero-order valence-electron chi connectivity index (χ0n) is 10.8. The summed E-state index contributed by atoms with van der Waals surface area (Å²) >= 11 is 7.80. The molecule has 3 rings (SSSR count). The van der Waals surface area contributed by atoms with E-state index in [1.807, 2.05) is 30.3 Å². The number of nitrogens with two attached hydrogens (primary N) is 1. The summed E-state index contributed by atoms with van der Waals surface area (Å²) in [7, 11) is 0. The number of fused-ring (bicyclic) bond motifs is 1. The minimum atomic E-state index is 0.512. The molecule has 1 heterocycles. The van der Waals surface area contributed by atoms with E-state index in [2.05, 4.69) is 17.5 Å². The highest BCUT2D eigenvalue weighted by molar-refractivity contribution is 7.17. The van der Waals surface area contributed by atoms with E-state index in [0.29, 0.717) is 23.9 Å². The quantitative estimate of drug-likeness (QED) is 0.765. The lowest BCUT2D eigenvalue weighted by Crippen LogP contribution is -1.97. The molecule has 0 amide bonds. The van der Waals surface area contributed by atoms with Crippen LogP contribution in [0.15, 0.2) is 47.8 Å². The number of hydrogen-bond acceptors (Lipinski definition) is 3. The van der Waals surface area contributed by atoms with Gasteiger partial charge in [0.1, 0.15) is 12.4 Å². The summed E-state index contributed by atoms with van der Waals surface area (Å²) < 4.78 is 7.05. The van der Waals surface area contributed by atoms with Crippen LogP contribution in [0.4, 0.5) is 0 Å². The lowest BCUT2D eigenvalue weighted by molar-refractivity contribution is 0.308. The second kappa shape index (κ2) is 5.83. The summed E-state index contributed by atoms with van der Waals surface area (Å²) in [5, 5.41) is 3.97. The van der Waals surface area contributed by atoms with Gasteiger partial charge in [-0.25, -0.2) is 0 Å². The van der Waals surface area contributed by atoms with Crippen LogP contribution >= 0.6 is 22.9 Å². The van der Waals surface area contributed by atoms with Crippen LogP contribution in [0.2, 0.25) is 5.02 Å². The fourth-order valence-corrected chi connectivity index (χ4v) is 3.43. The van der Waals surface area contributed by atoms with E-state index in [0.717, 1.165) is 0 Å². The summed E-state index contributed by atoms with van der Waals surface area (Å²) in [5.41, 5.74) is 8.11. The molecular weight excluding hydrogens is 290 g/mol. The lowest BCUT2D eigenvalue weighted by atomic mass is 10.1. The predicted octanol–water partition coefficient (Wildman–Crippen LogP) is 4.59. The van der Waals surface area contributed by atoms with Crippen molar-refractivity contribution in [2.45, 2.75) is 13.2 Å². The third-order valence-electron chi connectivity index (χ3n) is 3.20. The summed E-state index contributed by atoms with van der Waals surface area (Å²) in [6.07, 6.45) is 0. The first-order valence-corrected chi connectivity index (χ1v) is 7.60. The van der Waals surface area contributed by atoms with Gasteiger partial charge in [-0.3, -0.25) is 0 Å². The molecule has 102 valence electrons. The molecule has 3 aromatic rings. The topological polar surface area (TPSA) is 35.2 Å². The third kappa shape index (κ3) is 2.52. The number of ether oxygens (including phenoxy) is 1. The first-order valence-electron chi connectivity index (χ1n) is 6.35. The van der Waals surface area contributed by atoms with Gasteiger partial charge in [0.25, 0.3) is 0 Å². The van der Waals surface area contributed by atoms with Gasteiger partial charge in [0.15, 0.2) is 0 Å². The minimum Gasteiger partial charge on any atom is -0.487 e. The smallest absolute Gasteiger partial charge is 0.138 e. The van der Waals surface area contributed by atoms with Crippen molar-refractivity contribution in [2.24, 2.45) is 5.73 Å². The van der Waals surface area contributed by atoms with Crippen molar-refractivity contribution in [3.05, 3.63) is 64.0 Å². The third-order valence-corrected chi connectivity index (χ3v) is 4.63. The van der Waals surface area contributed by atoms with Crippen molar-refractivity contribution in [3.8, 4) is 5.75 Å². The number of rotatable bonds is 4. The van der Waals surface area contributed by atoms with Crippen LogP contribution in [0.5, 0.6) is 5.75 Å².